The summed E-state index contributed by atoms with van der Waals surface area (Å²) in [6, 6.07) is 67.6. The van der Waals surface area contributed by atoms with Crippen molar-refractivity contribution in [2.24, 2.45) is 0 Å². The molecule has 9 rings (SSSR count). The molecule has 0 radical (unpaired) electrons. The molecule has 3 heteroatoms. The smallest absolute Gasteiger partial charge is 0.0465 e. The zero-order chi connectivity index (χ0) is 35.8. The molecule has 53 heavy (non-hydrogen) atoms. The molecule has 0 bridgehead atoms. The number of hydrogen-bond acceptors (Lipinski definition) is 3. The minimum atomic E-state index is -0.0929. The van der Waals surface area contributed by atoms with Crippen LogP contribution in [-0.2, 0) is 5.41 Å². The van der Waals surface area contributed by atoms with E-state index in [1.165, 1.54) is 33.4 Å². The number of rotatable bonds is 8. The van der Waals surface area contributed by atoms with E-state index < -0.39 is 0 Å². The van der Waals surface area contributed by atoms with Crippen LogP contribution >= 0.6 is 0 Å². The number of para-hydroxylation sites is 2. The number of pyridine rings is 1. The van der Waals surface area contributed by atoms with Crippen molar-refractivity contribution in [3.8, 4) is 33.4 Å². The molecule has 1 aliphatic carbocycles. The Bertz CT molecular complexity index is 2450. The maximum Gasteiger partial charge on any atom is 0.0465 e. The van der Waals surface area contributed by atoms with Crippen LogP contribution in [0.5, 0.6) is 0 Å². The topological polar surface area (TPSA) is 19.4 Å². The highest BCUT2D eigenvalue weighted by atomic mass is 15.1. The SMILES string of the molecule is CC1(C)c2ccccc2-c2ccc(N(c3ccc(-c4ccc(N(c5ccccc5)c5ccccc5)cc4)cc3)c3ccc(-c4cccnc4)cc3)cc21. The highest BCUT2D eigenvalue weighted by molar-refractivity contribution is 5.86. The summed E-state index contributed by atoms with van der Waals surface area (Å²) < 4.78 is 0. The molecular formula is C50H39N3. The molecule has 7 aromatic carbocycles. The number of anilines is 6. The minimum Gasteiger partial charge on any atom is -0.311 e. The average Bonchev–Trinajstić information content (AvgIpc) is 3.45. The molecular weight excluding hydrogens is 643 g/mol. The predicted octanol–water partition coefficient (Wildman–Crippen LogP) is 13.7. The van der Waals surface area contributed by atoms with Gasteiger partial charge in [-0.05, 0) is 123 Å². The number of fused-ring (bicyclic) bond motifs is 3. The second-order valence-corrected chi connectivity index (χ2v) is 14.1. The van der Waals surface area contributed by atoms with Gasteiger partial charge in [0.25, 0.3) is 0 Å². The summed E-state index contributed by atoms with van der Waals surface area (Å²) in [5, 5.41) is 0. The molecule has 0 saturated heterocycles. The summed E-state index contributed by atoms with van der Waals surface area (Å²) in [7, 11) is 0. The normalized spacial score (nSPS) is 12.5. The molecule has 0 atom stereocenters. The molecule has 0 fully saturated rings. The van der Waals surface area contributed by atoms with Crippen LogP contribution in [0.1, 0.15) is 25.0 Å². The fourth-order valence-corrected chi connectivity index (χ4v) is 7.82. The van der Waals surface area contributed by atoms with Gasteiger partial charge in [0.05, 0.1) is 0 Å². The van der Waals surface area contributed by atoms with Crippen LogP contribution in [0.25, 0.3) is 33.4 Å². The van der Waals surface area contributed by atoms with Gasteiger partial charge in [-0.1, -0.05) is 123 Å². The van der Waals surface area contributed by atoms with Gasteiger partial charge < -0.3 is 9.80 Å². The maximum atomic E-state index is 4.34. The van der Waals surface area contributed by atoms with E-state index in [1.54, 1.807) is 0 Å². The molecule has 1 aliphatic rings. The summed E-state index contributed by atoms with van der Waals surface area (Å²) >= 11 is 0. The van der Waals surface area contributed by atoms with Gasteiger partial charge >= 0.3 is 0 Å². The van der Waals surface area contributed by atoms with Crippen molar-refractivity contribution in [2.45, 2.75) is 19.3 Å². The first kappa shape index (κ1) is 32.2. The van der Waals surface area contributed by atoms with Crippen LogP contribution in [0.4, 0.5) is 34.1 Å². The first-order valence-electron chi connectivity index (χ1n) is 18.2. The van der Waals surface area contributed by atoms with Gasteiger partial charge in [0.1, 0.15) is 0 Å². The number of aromatic nitrogens is 1. The van der Waals surface area contributed by atoms with Crippen molar-refractivity contribution in [1.82, 2.24) is 4.98 Å². The molecule has 254 valence electrons. The van der Waals surface area contributed by atoms with Crippen LogP contribution in [0.2, 0.25) is 0 Å². The summed E-state index contributed by atoms with van der Waals surface area (Å²) in [4.78, 5) is 9.00. The lowest BCUT2D eigenvalue weighted by Gasteiger charge is -2.28. The number of nitrogens with zero attached hydrogens (tertiary/aromatic N) is 3. The second kappa shape index (κ2) is 13.4. The first-order chi connectivity index (χ1) is 26.0. The molecule has 3 nitrogen and oxygen atoms in total. The highest BCUT2D eigenvalue weighted by Gasteiger charge is 2.35. The lowest BCUT2D eigenvalue weighted by molar-refractivity contribution is 0.660. The quantitative estimate of drug-likeness (QED) is 0.159. The lowest BCUT2D eigenvalue weighted by Crippen LogP contribution is -2.16. The molecule has 0 spiro atoms. The van der Waals surface area contributed by atoms with Crippen LogP contribution in [0.15, 0.2) is 200 Å². The largest absolute Gasteiger partial charge is 0.311 e. The number of benzene rings is 7. The number of hydrogen-bond donors (Lipinski definition) is 0. The Kier molecular flexibility index (Phi) is 8.17. The fourth-order valence-electron chi connectivity index (χ4n) is 7.82. The Morgan fingerprint density at radius 2 is 0.792 bits per heavy atom. The van der Waals surface area contributed by atoms with Crippen molar-refractivity contribution < 1.29 is 0 Å². The Labute approximate surface area is 312 Å². The lowest BCUT2D eigenvalue weighted by atomic mass is 9.82. The van der Waals surface area contributed by atoms with Crippen molar-refractivity contribution in [1.29, 1.82) is 0 Å². The van der Waals surface area contributed by atoms with Gasteiger partial charge in [0.15, 0.2) is 0 Å². The van der Waals surface area contributed by atoms with Gasteiger partial charge in [-0.25, -0.2) is 0 Å². The molecule has 0 amide bonds. The molecule has 0 saturated carbocycles. The van der Waals surface area contributed by atoms with E-state index in [1.807, 2.05) is 18.5 Å². The molecule has 8 aromatic rings. The van der Waals surface area contributed by atoms with Gasteiger partial charge in [-0.2, -0.15) is 0 Å². The Hall–Kier alpha value is -6.71. The van der Waals surface area contributed by atoms with E-state index in [4.69, 9.17) is 0 Å². The van der Waals surface area contributed by atoms with Crippen molar-refractivity contribution in [3.63, 3.8) is 0 Å². The molecule has 0 unspecified atom stereocenters. The van der Waals surface area contributed by atoms with Crippen LogP contribution in [0.3, 0.4) is 0 Å². The van der Waals surface area contributed by atoms with E-state index in [2.05, 4.69) is 211 Å². The summed E-state index contributed by atoms with van der Waals surface area (Å²) in [6.45, 7) is 4.68. The third-order valence-corrected chi connectivity index (χ3v) is 10.6. The van der Waals surface area contributed by atoms with Gasteiger partial charge in [0, 0.05) is 51.9 Å². The third-order valence-electron chi connectivity index (χ3n) is 10.6. The molecule has 1 heterocycles. The van der Waals surface area contributed by atoms with E-state index in [-0.39, 0.29) is 5.41 Å². The van der Waals surface area contributed by atoms with Crippen molar-refractivity contribution in [3.05, 3.63) is 212 Å². The summed E-state index contributed by atoms with van der Waals surface area (Å²) in [5.41, 5.74) is 16.6. The summed E-state index contributed by atoms with van der Waals surface area (Å²) in [5.74, 6) is 0. The van der Waals surface area contributed by atoms with Crippen molar-refractivity contribution in [2.75, 3.05) is 9.80 Å². The Morgan fingerprint density at radius 3 is 1.32 bits per heavy atom. The zero-order valence-electron chi connectivity index (χ0n) is 29.9. The van der Waals surface area contributed by atoms with E-state index in [0.29, 0.717) is 0 Å². The third kappa shape index (κ3) is 5.96. The molecule has 0 aliphatic heterocycles. The zero-order valence-corrected chi connectivity index (χ0v) is 29.9. The second-order valence-electron chi connectivity index (χ2n) is 14.1. The fraction of sp³-hybridized carbons (Fsp3) is 0.0600. The Morgan fingerprint density at radius 1 is 0.358 bits per heavy atom. The monoisotopic (exact) mass is 681 g/mol. The van der Waals surface area contributed by atoms with E-state index in [9.17, 15) is 0 Å². The van der Waals surface area contributed by atoms with Crippen molar-refractivity contribution >= 4 is 34.1 Å². The predicted molar refractivity (Wildman–Crippen MR) is 222 cm³/mol. The first-order valence-corrected chi connectivity index (χ1v) is 18.2. The van der Waals surface area contributed by atoms with Crippen LogP contribution in [-0.4, -0.2) is 4.98 Å². The molecule has 1 aromatic heterocycles. The minimum absolute atomic E-state index is 0.0929. The Balaban J connectivity index is 1.07. The maximum absolute atomic E-state index is 4.34. The van der Waals surface area contributed by atoms with Gasteiger partial charge in [-0.15, -0.1) is 0 Å². The average molecular weight is 682 g/mol. The van der Waals surface area contributed by atoms with Gasteiger partial charge in [0.2, 0.25) is 0 Å². The van der Waals surface area contributed by atoms with Crippen LogP contribution < -0.4 is 9.80 Å². The van der Waals surface area contributed by atoms with Gasteiger partial charge in [-0.3, -0.25) is 4.98 Å². The molecule has 0 N–H and O–H groups in total. The van der Waals surface area contributed by atoms with Crippen LogP contribution in [0, 0.1) is 0 Å². The highest BCUT2D eigenvalue weighted by Crippen LogP contribution is 2.50. The standard InChI is InChI=1S/C50H39N3/c1-50(2)48-18-10-9-17-46(48)47-32-31-45(34-49(47)50)53(44-29-23-38(24-30-44)39-12-11-33-51-35-39)43-27-21-37(22-28-43)36-19-25-42(26-20-36)52(40-13-5-3-6-14-40)41-15-7-4-8-16-41/h3-35H,1-2H3. The van der Waals surface area contributed by atoms with E-state index in [0.717, 1.165) is 45.3 Å². The summed E-state index contributed by atoms with van der Waals surface area (Å²) in [6.07, 6.45) is 3.73. The van der Waals surface area contributed by atoms with E-state index >= 15 is 0 Å².